The molecule has 5 aromatic carbocycles. The number of hydrogen-bond acceptors (Lipinski definition) is 8. The molecule has 0 saturated heterocycles. The minimum atomic E-state index is -3.98. The second-order valence-corrected chi connectivity index (χ2v) is 13.1. The molecule has 13 heteroatoms. The van der Waals surface area contributed by atoms with Gasteiger partial charge in [-0.25, -0.2) is 12.8 Å². The van der Waals surface area contributed by atoms with Gasteiger partial charge in [0, 0.05) is 18.8 Å². The Morgan fingerprint density at radius 3 is 2.20 bits per heavy atom. The Morgan fingerprint density at radius 2 is 1.49 bits per heavy atom. The number of halogens is 1. The van der Waals surface area contributed by atoms with Gasteiger partial charge in [0.25, 0.3) is 15.9 Å². The number of amides is 2. The van der Waals surface area contributed by atoms with Gasteiger partial charge >= 0.3 is 0 Å². The minimum absolute atomic E-state index is 0.0603. The first-order chi connectivity index (χ1) is 24.7. The van der Waals surface area contributed by atoms with Crippen molar-refractivity contribution in [2.45, 2.75) is 24.0 Å². The molecule has 2 amide bonds. The van der Waals surface area contributed by atoms with Crippen LogP contribution in [0.15, 0.2) is 126 Å². The summed E-state index contributed by atoms with van der Waals surface area (Å²) in [5, 5.41) is 2.97. The number of carbonyl (C=O) groups is 2. The van der Waals surface area contributed by atoms with Crippen molar-refractivity contribution in [2.24, 2.45) is 0 Å². The van der Waals surface area contributed by atoms with Gasteiger partial charge in [-0.1, -0.05) is 48.5 Å². The predicted octanol–water partition coefficient (Wildman–Crippen LogP) is 5.83. The fourth-order valence-corrected chi connectivity index (χ4v) is 6.43. The predicted molar refractivity (Wildman–Crippen MR) is 186 cm³/mol. The number of sulfonamides is 1. The molecule has 0 unspecified atom stereocenters. The van der Waals surface area contributed by atoms with Crippen LogP contribution < -0.4 is 29.0 Å². The summed E-state index contributed by atoms with van der Waals surface area (Å²) in [6, 6.07) is 30.9. The van der Waals surface area contributed by atoms with Gasteiger partial charge in [0.05, 0.1) is 12.0 Å². The van der Waals surface area contributed by atoms with Crippen LogP contribution >= 0.6 is 0 Å². The van der Waals surface area contributed by atoms with Crippen molar-refractivity contribution in [2.75, 3.05) is 25.2 Å². The highest BCUT2D eigenvalue weighted by Gasteiger charge is 2.32. The molecule has 0 aliphatic carbocycles. The second kappa shape index (κ2) is 15.6. The van der Waals surface area contributed by atoms with E-state index in [9.17, 15) is 22.4 Å². The largest absolute Gasteiger partial charge is 0.497 e. The topological polar surface area (TPSA) is 132 Å². The van der Waals surface area contributed by atoms with Gasteiger partial charge in [-0.15, -0.1) is 0 Å². The molecule has 2 N–H and O–H groups in total. The summed E-state index contributed by atoms with van der Waals surface area (Å²) in [4.78, 5) is 29.5. The first kappa shape index (κ1) is 34.8. The van der Waals surface area contributed by atoms with E-state index in [2.05, 4.69) is 10.0 Å². The van der Waals surface area contributed by atoms with E-state index >= 15 is 0 Å². The summed E-state index contributed by atoms with van der Waals surface area (Å²) in [6.45, 7) is -0.0842. The molecular weight excluding hydrogens is 677 g/mol. The van der Waals surface area contributed by atoms with E-state index in [-0.39, 0.29) is 36.2 Å². The van der Waals surface area contributed by atoms with E-state index in [1.807, 2.05) is 24.3 Å². The van der Waals surface area contributed by atoms with Crippen molar-refractivity contribution in [3.8, 4) is 23.0 Å². The van der Waals surface area contributed by atoms with E-state index in [0.29, 0.717) is 22.8 Å². The van der Waals surface area contributed by atoms with Crippen LogP contribution in [0.4, 0.5) is 10.1 Å². The van der Waals surface area contributed by atoms with E-state index in [0.717, 1.165) is 23.3 Å². The SMILES string of the molecule is COc1ccc(CN(C(=O)COc2ccc(S(=O)(=O)Nc3ccc(F)cc3)cc2)[C@H](C(=O)NCc2ccc3c(c2)OCO3)c2ccccc2)cc1. The third-order valence-corrected chi connectivity index (χ3v) is 9.40. The van der Waals surface area contributed by atoms with Crippen molar-refractivity contribution in [3.63, 3.8) is 0 Å². The van der Waals surface area contributed by atoms with Gasteiger partial charge in [0.15, 0.2) is 18.1 Å². The van der Waals surface area contributed by atoms with Crippen molar-refractivity contribution in [1.82, 2.24) is 10.2 Å². The lowest BCUT2D eigenvalue weighted by molar-refractivity contribution is -0.143. The number of carbonyl (C=O) groups excluding carboxylic acids is 2. The molecule has 6 rings (SSSR count). The maximum Gasteiger partial charge on any atom is 0.261 e. The van der Waals surface area contributed by atoms with Crippen LogP contribution in [-0.2, 0) is 32.7 Å². The third-order valence-electron chi connectivity index (χ3n) is 8.00. The minimum Gasteiger partial charge on any atom is -0.497 e. The number of ether oxygens (including phenoxy) is 4. The van der Waals surface area contributed by atoms with Crippen LogP contribution in [0, 0.1) is 5.82 Å². The Morgan fingerprint density at radius 1 is 0.824 bits per heavy atom. The quantitative estimate of drug-likeness (QED) is 0.147. The second-order valence-electron chi connectivity index (χ2n) is 11.5. The van der Waals surface area contributed by atoms with Crippen molar-refractivity contribution in [3.05, 3.63) is 144 Å². The van der Waals surface area contributed by atoms with E-state index < -0.39 is 40.3 Å². The molecule has 1 atom stereocenters. The monoisotopic (exact) mass is 711 g/mol. The van der Waals surface area contributed by atoms with Gasteiger partial charge in [-0.3, -0.25) is 14.3 Å². The summed E-state index contributed by atoms with van der Waals surface area (Å²) >= 11 is 0. The lowest BCUT2D eigenvalue weighted by atomic mass is 10.0. The first-order valence-electron chi connectivity index (χ1n) is 15.8. The van der Waals surface area contributed by atoms with Crippen LogP contribution in [0.2, 0.25) is 0 Å². The van der Waals surface area contributed by atoms with Gasteiger partial charge < -0.3 is 29.2 Å². The van der Waals surface area contributed by atoms with Gasteiger partial charge in [0.2, 0.25) is 12.7 Å². The molecule has 1 aliphatic rings. The molecule has 262 valence electrons. The number of methoxy groups -OCH3 is 1. The maximum absolute atomic E-state index is 14.1. The number of rotatable bonds is 14. The maximum atomic E-state index is 14.1. The van der Waals surface area contributed by atoms with Crippen LogP contribution in [-0.4, -0.2) is 45.6 Å². The molecule has 1 heterocycles. The van der Waals surface area contributed by atoms with Crippen molar-refractivity contribution in [1.29, 1.82) is 0 Å². The third kappa shape index (κ3) is 8.75. The summed E-state index contributed by atoms with van der Waals surface area (Å²) in [7, 11) is -2.42. The molecule has 0 radical (unpaired) electrons. The molecule has 0 spiro atoms. The van der Waals surface area contributed by atoms with Gasteiger partial charge in [-0.2, -0.15) is 0 Å². The zero-order chi connectivity index (χ0) is 35.8. The fraction of sp³-hybridized carbons (Fsp3) is 0.158. The lowest BCUT2D eigenvalue weighted by Gasteiger charge is -2.31. The molecule has 0 fully saturated rings. The van der Waals surface area contributed by atoms with Crippen LogP contribution in [0.25, 0.3) is 0 Å². The first-order valence-corrected chi connectivity index (χ1v) is 17.3. The summed E-state index contributed by atoms with van der Waals surface area (Å²) in [5.41, 5.74) is 2.32. The standard InChI is InChI=1S/C38H34FN3O8S/c1-47-31-14-7-26(8-15-31)23-42(36(43)24-48-32-16-18-33(19-17-32)51(45,46)41-30-12-10-29(39)11-13-30)37(28-5-3-2-4-6-28)38(44)40-22-27-9-20-34-35(21-27)50-25-49-34/h2-21,37,41H,22-25H2,1H3,(H,40,44)/t37-/m0/s1. The van der Waals surface area contributed by atoms with E-state index in [4.69, 9.17) is 18.9 Å². The zero-order valence-corrected chi connectivity index (χ0v) is 28.3. The lowest BCUT2D eigenvalue weighted by Crippen LogP contribution is -2.45. The van der Waals surface area contributed by atoms with Gasteiger partial charge in [-0.05, 0) is 89.5 Å². The molecule has 1 aliphatic heterocycles. The normalized spacial score (nSPS) is 12.4. The average Bonchev–Trinajstić information content (AvgIpc) is 3.63. The zero-order valence-electron chi connectivity index (χ0n) is 27.5. The number of nitrogens with zero attached hydrogens (tertiary/aromatic N) is 1. The Bertz CT molecular complexity index is 2080. The highest BCUT2D eigenvalue weighted by atomic mass is 32.2. The highest BCUT2D eigenvalue weighted by Crippen LogP contribution is 2.33. The van der Waals surface area contributed by atoms with E-state index in [1.54, 1.807) is 55.6 Å². The van der Waals surface area contributed by atoms with Crippen LogP contribution in [0.1, 0.15) is 22.7 Å². The molecule has 0 bridgehead atoms. The van der Waals surface area contributed by atoms with Crippen LogP contribution in [0.5, 0.6) is 23.0 Å². The number of benzene rings is 5. The number of fused-ring (bicyclic) bond motifs is 1. The number of anilines is 1. The van der Waals surface area contributed by atoms with Gasteiger partial charge in [0.1, 0.15) is 23.4 Å². The number of hydrogen-bond donors (Lipinski definition) is 2. The fourth-order valence-electron chi connectivity index (χ4n) is 5.37. The molecule has 51 heavy (non-hydrogen) atoms. The van der Waals surface area contributed by atoms with Crippen molar-refractivity contribution < 1.29 is 41.3 Å². The van der Waals surface area contributed by atoms with E-state index in [1.165, 1.54) is 41.3 Å². The highest BCUT2D eigenvalue weighted by molar-refractivity contribution is 7.92. The molecular formula is C38H34FN3O8S. The van der Waals surface area contributed by atoms with Crippen LogP contribution in [0.3, 0.4) is 0 Å². The molecule has 5 aromatic rings. The molecule has 0 saturated carbocycles. The Kier molecular flexibility index (Phi) is 10.7. The number of nitrogens with one attached hydrogen (secondary N) is 2. The Labute approximate surface area is 294 Å². The molecule has 11 nitrogen and oxygen atoms in total. The molecule has 0 aromatic heterocycles. The summed E-state index contributed by atoms with van der Waals surface area (Å²) in [5.74, 6) is 0.687. The Hall–Kier alpha value is -6.08. The summed E-state index contributed by atoms with van der Waals surface area (Å²) < 4.78 is 63.4. The van der Waals surface area contributed by atoms with Crippen molar-refractivity contribution >= 4 is 27.5 Å². The summed E-state index contributed by atoms with van der Waals surface area (Å²) in [6.07, 6.45) is 0. The average molecular weight is 712 g/mol. The Balaban J connectivity index is 1.21. The smallest absolute Gasteiger partial charge is 0.261 e.